The number of Topliss-reactive ketones (excluding diaryl/α,β-unsaturated/α-hetero) is 1. The van der Waals surface area contributed by atoms with Gasteiger partial charge in [0.1, 0.15) is 0 Å². The lowest BCUT2D eigenvalue weighted by Crippen LogP contribution is -2.29. The van der Waals surface area contributed by atoms with Crippen LogP contribution < -0.4 is 11.1 Å². The second-order valence-corrected chi connectivity index (χ2v) is 5.16. The van der Waals surface area contributed by atoms with Crippen molar-refractivity contribution in [1.82, 2.24) is 0 Å². The maximum Gasteiger partial charge on any atom is 0.227 e. The van der Waals surface area contributed by atoms with Crippen molar-refractivity contribution in [2.24, 2.45) is 17.6 Å². The van der Waals surface area contributed by atoms with E-state index in [1.807, 2.05) is 0 Å². The van der Waals surface area contributed by atoms with Gasteiger partial charge in [0.15, 0.2) is 5.78 Å². The fourth-order valence-corrected chi connectivity index (χ4v) is 2.72. The van der Waals surface area contributed by atoms with Crippen LogP contribution in [0.4, 0.5) is 5.69 Å². The average Bonchev–Trinajstić information content (AvgIpc) is 2.87. The van der Waals surface area contributed by atoms with Gasteiger partial charge in [-0.3, -0.25) is 9.59 Å². The van der Waals surface area contributed by atoms with E-state index in [-0.39, 0.29) is 23.5 Å². The number of hydrogen-bond donors (Lipinski definition) is 2. The first-order valence-electron chi connectivity index (χ1n) is 6.73. The molecule has 2 unspecified atom stereocenters. The lowest BCUT2D eigenvalue weighted by atomic mass is 9.95. The van der Waals surface area contributed by atoms with Crippen LogP contribution in [0.5, 0.6) is 0 Å². The molecule has 1 saturated carbocycles. The number of hydrogen-bond acceptors (Lipinski definition) is 3. The van der Waals surface area contributed by atoms with Gasteiger partial charge in [0, 0.05) is 17.2 Å². The Morgan fingerprint density at radius 1 is 1.37 bits per heavy atom. The molecule has 1 aliphatic carbocycles. The number of nitrogens with two attached hydrogens (primary N) is 1. The predicted molar refractivity (Wildman–Crippen MR) is 75.0 cm³/mol. The molecule has 4 heteroatoms. The van der Waals surface area contributed by atoms with Crippen LogP contribution in [0.2, 0.25) is 0 Å². The normalized spacial score (nSPS) is 22.2. The summed E-state index contributed by atoms with van der Waals surface area (Å²) in [5, 5.41) is 2.90. The van der Waals surface area contributed by atoms with Gasteiger partial charge >= 0.3 is 0 Å². The van der Waals surface area contributed by atoms with E-state index in [2.05, 4.69) is 5.32 Å². The quantitative estimate of drug-likeness (QED) is 0.815. The van der Waals surface area contributed by atoms with Gasteiger partial charge in [-0.05, 0) is 44.4 Å². The molecule has 19 heavy (non-hydrogen) atoms. The van der Waals surface area contributed by atoms with Gasteiger partial charge in [-0.1, -0.05) is 18.6 Å². The van der Waals surface area contributed by atoms with E-state index in [0.29, 0.717) is 17.8 Å². The van der Waals surface area contributed by atoms with E-state index in [4.69, 9.17) is 5.73 Å². The molecule has 1 aromatic carbocycles. The van der Waals surface area contributed by atoms with Gasteiger partial charge in [-0.2, -0.15) is 0 Å². The molecule has 1 fully saturated rings. The number of amides is 1. The summed E-state index contributed by atoms with van der Waals surface area (Å²) in [5.74, 6) is 0.312. The fourth-order valence-electron chi connectivity index (χ4n) is 2.72. The Kier molecular flexibility index (Phi) is 4.32. The van der Waals surface area contributed by atoms with Crippen molar-refractivity contribution in [3.05, 3.63) is 29.8 Å². The van der Waals surface area contributed by atoms with Crippen LogP contribution in [0.3, 0.4) is 0 Å². The summed E-state index contributed by atoms with van der Waals surface area (Å²) in [5.41, 5.74) is 6.99. The van der Waals surface area contributed by atoms with Crippen molar-refractivity contribution in [3.8, 4) is 0 Å². The van der Waals surface area contributed by atoms with Crippen molar-refractivity contribution in [1.29, 1.82) is 0 Å². The molecule has 0 saturated heterocycles. The first-order chi connectivity index (χ1) is 9.11. The third-order valence-electron chi connectivity index (χ3n) is 3.84. The molecule has 0 radical (unpaired) electrons. The summed E-state index contributed by atoms with van der Waals surface area (Å²) in [6.45, 7) is 2.08. The van der Waals surface area contributed by atoms with Gasteiger partial charge in [-0.15, -0.1) is 0 Å². The van der Waals surface area contributed by atoms with Crippen molar-refractivity contribution in [3.63, 3.8) is 0 Å². The van der Waals surface area contributed by atoms with Gasteiger partial charge in [0.25, 0.3) is 0 Å². The minimum Gasteiger partial charge on any atom is -0.330 e. The molecule has 3 N–H and O–H groups in total. The van der Waals surface area contributed by atoms with Gasteiger partial charge in [0.2, 0.25) is 5.91 Å². The summed E-state index contributed by atoms with van der Waals surface area (Å²) in [6.07, 6.45) is 3.00. The van der Waals surface area contributed by atoms with Crippen LogP contribution >= 0.6 is 0 Å². The Hall–Kier alpha value is -1.68. The van der Waals surface area contributed by atoms with Crippen LogP contribution in [-0.4, -0.2) is 18.2 Å². The van der Waals surface area contributed by atoms with Crippen LogP contribution in [0.15, 0.2) is 24.3 Å². The summed E-state index contributed by atoms with van der Waals surface area (Å²) in [6, 6.07) is 7.04. The third-order valence-corrected chi connectivity index (χ3v) is 3.84. The highest BCUT2D eigenvalue weighted by atomic mass is 16.2. The number of anilines is 1. The predicted octanol–water partition coefficient (Wildman–Crippen LogP) is 2.20. The van der Waals surface area contributed by atoms with Crippen molar-refractivity contribution in [2.45, 2.75) is 26.2 Å². The van der Waals surface area contributed by atoms with E-state index in [1.54, 1.807) is 24.3 Å². The number of nitrogens with one attached hydrogen (secondary N) is 1. The number of ketones is 1. The van der Waals surface area contributed by atoms with Crippen molar-refractivity contribution in [2.75, 3.05) is 11.9 Å². The van der Waals surface area contributed by atoms with E-state index >= 15 is 0 Å². The highest BCUT2D eigenvalue weighted by molar-refractivity contribution is 5.97. The highest BCUT2D eigenvalue weighted by Gasteiger charge is 2.31. The van der Waals surface area contributed by atoms with Crippen LogP contribution in [0.25, 0.3) is 0 Å². The molecule has 0 bridgehead atoms. The Balaban J connectivity index is 2.06. The Labute approximate surface area is 113 Å². The monoisotopic (exact) mass is 260 g/mol. The molecule has 1 aromatic rings. The molecule has 4 nitrogen and oxygen atoms in total. The van der Waals surface area contributed by atoms with Crippen molar-refractivity contribution < 1.29 is 9.59 Å². The average molecular weight is 260 g/mol. The molecule has 2 rings (SSSR count). The Bertz CT molecular complexity index is 485. The zero-order valence-electron chi connectivity index (χ0n) is 11.2. The van der Waals surface area contributed by atoms with Gasteiger partial charge in [-0.25, -0.2) is 0 Å². The molecule has 2 atom stereocenters. The minimum atomic E-state index is -0.00296. The molecular weight excluding hydrogens is 240 g/mol. The Morgan fingerprint density at radius 3 is 2.84 bits per heavy atom. The van der Waals surface area contributed by atoms with E-state index in [9.17, 15) is 9.59 Å². The SMILES string of the molecule is CC(=O)c1cccc(NC(=O)C2CCCC2CN)c1. The van der Waals surface area contributed by atoms with Crippen LogP contribution in [-0.2, 0) is 4.79 Å². The lowest BCUT2D eigenvalue weighted by Gasteiger charge is -2.17. The van der Waals surface area contributed by atoms with E-state index < -0.39 is 0 Å². The second-order valence-electron chi connectivity index (χ2n) is 5.16. The smallest absolute Gasteiger partial charge is 0.227 e. The maximum absolute atomic E-state index is 12.2. The zero-order valence-corrected chi connectivity index (χ0v) is 11.2. The molecule has 0 spiro atoms. The van der Waals surface area contributed by atoms with Gasteiger partial charge in [0.05, 0.1) is 0 Å². The number of carbonyl (C=O) groups excluding carboxylic acids is 2. The molecule has 1 aliphatic rings. The van der Waals surface area contributed by atoms with Crippen LogP contribution in [0, 0.1) is 11.8 Å². The molecule has 0 aliphatic heterocycles. The third kappa shape index (κ3) is 3.20. The summed E-state index contributed by atoms with van der Waals surface area (Å²) in [4.78, 5) is 23.5. The first-order valence-corrected chi connectivity index (χ1v) is 6.73. The molecular formula is C15H20N2O2. The van der Waals surface area contributed by atoms with E-state index in [1.165, 1.54) is 6.92 Å². The zero-order chi connectivity index (χ0) is 13.8. The largest absolute Gasteiger partial charge is 0.330 e. The molecule has 0 heterocycles. The molecule has 0 aromatic heterocycles. The number of benzene rings is 1. The number of carbonyl (C=O) groups is 2. The summed E-state index contributed by atoms with van der Waals surface area (Å²) in [7, 11) is 0. The maximum atomic E-state index is 12.2. The minimum absolute atomic E-state index is 0.00296. The first kappa shape index (κ1) is 13.7. The number of rotatable bonds is 4. The summed E-state index contributed by atoms with van der Waals surface area (Å²) < 4.78 is 0. The topological polar surface area (TPSA) is 72.2 Å². The van der Waals surface area contributed by atoms with E-state index in [0.717, 1.165) is 19.3 Å². The Morgan fingerprint density at radius 2 is 2.16 bits per heavy atom. The highest BCUT2D eigenvalue weighted by Crippen LogP contribution is 2.31. The molecule has 102 valence electrons. The summed E-state index contributed by atoms with van der Waals surface area (Å²) >= 11 is 0. The molecule has 1 amide bonds. The van der Waals surface area contributed by atoms with Crippen molar-refractivity contribution >= 4 is 17.4 Å². The lowest BCUT2D eigenvalue weighted by molar-refractivity contribution is -0.120. The van der Waals surface area contributed by atoms with Gasteiger partial charge < -0.3 is 11.1 Å². The van der Waals surface area contributed by atoms with Crippen LogP contribution in [0.1, 0.15) is 36.5 Å². The fraction of sp³-hybridized carbons (Fsp3) is 0.467. The standard InChI is InChI=1S/C15H20N2O2/c1-10(18)11-4-2-6-13(8-11)17-15(19)14-7-3-5-12(14)9-16/h2,4,6,8,12,14H,3,5,7,9,16H2,1H3,(H,17,19). The second kappa shape index (κ2) is 5.97.